The SMILES string of the molecule is O=C(O)c1c(Cl)cccc1NC1CCS(=O)(=O)CC1. The molecule has 1 aliphatic heterocycles. The third-order valence-electron chi connectivity index (χ3n) is 3.14. The first kappa shape index (κ1) is 14.1. The quantitative estimate of drug-likeness (QED) is 0.892. The predicted octanol–water partition coefficient (Wildman–Crippen LogP) is 2.03. The maximum atomic E-state index is 11.3. The van der Waals surface area contributed by atoms with Gasteiger partial charge in [0.2, 0.25) is 0 Å². The van der Waals surface area contributed by atoms with Gasteiger partial charge in [-0.15, -0.1) is 0 Å². The lowest BCUT2D eigenvalue weighted by molar-refractivity contribution is 0.0698. The Morgan fingerprint density at radius 2 is 1.95 bits per heavy atom. The summed E-state index contributed by atoms with van der Waals surface area (Å²) < 4.78 is 22.7. The molecule has 19 heavy (non-hydrogen) atoms. The molecule has 0 aliphatic carbocycles. The Bertz CT molecular complexity index is 586. The number of hydrogen-bond acceptors (Lipinski definition) is 4. The van der Waals surface area contributed by atoms with Crippen LogP contribution in [0.25, 0.3) is 0 Å². The summed E-state index contributed by atoms with van der Waals surface area (Å²) in [5.41, 5.74) is 0.460. The number of rotatable bonds is 3. The number of sulfone groups is 1. The smallest absolute Gasteiger partial charge is 0.339 e. The number of nitrogens with one attached hydrogen (secondary N) is 1. The molecule has 0 unspecified atom stereocenters. The summed E-state index contributed by atoms with van der Waals surface area (Å²) in [6.07, 6.45) is 0.960. The Hall–Kier alpha value is -1.27. The average Bonchev–Trinajstić information content (AvgIpc) is 2.31. The predicted molar refractivity (Wildman–Crippen MR) is 73.7 cm³/mol. The zero-order chi connectivity index (χ0) is 14.0. The molecule has 0 atom stereocenters. The molecule has 1 aliphatic rings. The van der Waals surface area contributed by atoms with E-state index < -0.39 is 15.8 Å². The summed E-state index contributed by atoms with van der Waals surface area (Å²) in [4.78, 5) is 11.2. The van der Waals surface area contributed by atoms with E-state index in [1.165, 1.54) is 6.07 Å². The van der Waals surface area contributed by atoms with Crippen LogP contribution in [0.4, 0.5) is 5.69 Å². The molecule has 7 heteroatoms. The zero-order valence-electron chi connectivity index (χ0n) is 10.1. The van der Waals surface area contributed by atoms with Crippen LogP contribution in [0.1, 0.15) is 23.2 Å². The highest BCUT2D eigenvalue weighted by molar-refractivity contribution is 7.91. The van der Waals surface area contributed by atoms with Crippen LogP contribution in [0.2, 0.25) is 5.02 Å². The molecule has 0 aromatic heterocycles. The van der Waals surface area contributed by atoms with Crippen molar-refractivity contribution in [1.29, 1.82) is 0 Å². The second kappa shape index (κ2) is 5.38. The average molecular weight is 304 g/mol. The molecule has 104 valence electrons. The van der Waals surface area contributed by atoms with Crippen LogP contribution in [-0.4, -0.2) is 37.0 Å². The maximum absolute atomic E-state index is 11.3. The van der Waals surface area contributed by atoms with Gasteiger partial charge in [0.1, 0.15) is 15.4 Å². The van der Waals surface area contributed by atoms with Crippen molar-refractivity contribution in [3.63, 3.8) is 0 Å². The molecule has 0 radical (unpaired) electrons. The molecular weight excluding hydrogens is 290 g/mol. The largest absolute Gasteiger partial charge is 0.478 e. The van der Waals surface area contributed by atoms with E-state index in [1.807, 2.05) is 0 Å². The van der Waals surface area contributed by atoms with Crippen molar-refractivity contribution in [1.82, 2.24) is 0 Å². The highest BCUT2D eigenvalue weighted by atomic mass is 35.5. The van der Waals surface area contributed by atoms with E-state index in [9.17, 15) is 13.2 Å². The molecule has 0 saturated carbocycles. The van der Waals surface area contributed by atoms with Crippen LogP contribution in [0, 0.1) is 0 Å². The van der Waals surface area contributed by atoms with Crippen molar-refractivity contribution in [2.75, 3.05) is 16.8 Å². The lowest BCUT2D eigenvalue weighted by Crippen LogP contribution is -2.32. The molecule has 0 amide bonds. The van der Waals surface area contributed by atoms with Crippen LogP contribution in [0.15, 0.2) is 18.2 Å². The molecule has 1 aromatic rings. The molecule has 2 rings (SSSR count). The lowest BCUT2D eigenvalue weighted by Gasteiger charge is -2.25. The van der Waals surface area contributed by atoms with Crippen LogP contribution < -0.4 is 5.32 Å². The first-order valence-electron chi connectivity index (χ1n) is 5.88. The van der Waals surface area contributed by atoms with E-state index in [0.29, 0.717) is 18.5 Å². The van der Waals surface area contributed by atoms with Gasteiger partial charge in [0.25, 0.3) is 0 Å². The third-order valence-corrected chi connectivity index (χ3v) is 5.17. The second-order valence-corrected chi connectivity index (χ2v) is 7.25. The third kappa shape index (κ3) is 3.39. The maximum Gasteiger partial charge on any atom is 0.339 e. The lowest BCUT2D eigenvalue weighted by atomic mass is 10.1. The van der Waals surface area contributed by atoms with Crippen molar-refractivity contribution < 1.29 is 18.3 Å². The first-order valence-corrected chi connectivity index (χ1v) is 8.08. The van der Waals surface area contributed by atoms with Gasteiger partial charge in [-0.3, -0.25) is 0 Å². The summed E-state index contributed by atoms with van der Waals surface area (Å²) in [6.45, 7) is 0. The van der Waals surface area contributed by atoms with Crippen molar-refractivity contribution in [3.8, 4) is 0 Å². The van der Waals surface area contributed by atoms with Gasteiger partial charge in [0.05, 0.1) is 22.2 Å². The van der Waals surface area contributed by atoms with Gasteiger partial charge >= 0.3 is 5.97 Å². The van der Waals surface area contributed by atoms with E-state index in [4.69, 9.17) is 16.7 Å². The van der Waals surface area contributed by atoms with E-state index in [-0.39, 0.29) is 28.1 Å². The van der Waals surface area contributed by atoms with Crippen molar-refractivity contribution in [2.24, 2.45) is 0 Å². The van der Waals surface area contributed by atoms with E-state index >= 15 is 0 Å². The molecule has 0 spiro atoms. The van der Waals surface area contributed by atoms with Crippen LogP contribution in [0.5, 0.6) is 0 Å². The van der Waals surface area contributed by atoms with Crippen LogP contribution >= 0.6 is 11.6 Å². The molecule has 0 bridgehead atoms. The van der Waals surface area contributed by atoms with Gasteiger partial charge in [0, 0.05) is 6.04 Å². The number of carboxylic acids is 1. The van der Waals surface area contributed by atoms with Crippen LogP contribution in [-0.2, 0) is 9.84 Å². The second-order valence-electron chi connectivity index (χ2n) is 4.54. The number of carbonyl (C=O) groups is 1. The minimum absolute atomic E-state index is 0.0256. The number of anilines is 1. The van der Waals surface area contributed by atoms with Gasteiger partial charge in [-0.1, -0.05) is 17.7 Å². The molecule has 1 heterocycles. The molecule has 1 fully saturated rings. The summed E-state index contributed by atoms with van der Waals surface area (Å²) in [5.74, 6) is -0.835. The van der Waals surface area contributed by atoms with Gasteiger partial charge < -0.3 is 10.4 Å². The topological polar surface area (TPSA) is 83.5 Å². The molecule has 5 nitrogen and oxygen atoms in total. The highest BCUT2D eigenvalue weighted by Crippen LogP contribution is 2.26. The summed E-state index contributed by atoms with van der Waals surface area (Å²) in [5, 5.41) is 12.4. The molecular formula is C12H14ClNO4S. The Kier molecular flexibility index (Phi) is 4.01. The zero-order valence-corrected chi connectivity index (χ0v) is 11.7. The normalized spacial score (nSPS) is 19.0. The Morgan fingerprint density at radius 1 is 1.32 bits per heavy atom. The summed E-state index contributed by atoms with van der Waals surface area (Å²) in [7, 11) is -2.92. The van der Waals surface area contributed by atoms with Crippen molar-refractivity contribution in [3.05, 3.63) is 28.8 Å². The highest BCUT2D eigenvalue weighted by Gasteiger charge is 2.25. The fraction of sp³-hybridized carbons (Fsp3) is 0.417. The number of carboxylic acid groups (broad SMARTS) is 1. The Labute approximate surface area is 116 Å². The minimum Gasteiger partial charge on any atom is -0.478 e. The number of halogens is 1. The standard InChI is InChI=1S/C12H14ClNO4S/c13-9-2-1-3-10(11(9)12(15)16)14-8-4-6-19(17,18)7-5-8/h1-3,8,14H,4-7H2,(H,15,16). The Morgan fingerprint density at radius 3 is 2.53 bits per heavy atom. The van der Waals surface area contributed by atoms with Gasteiger partial charge in [-0.2, -0.15) is 0 Å². The fourth-order valence-corrected chi connectivity index (χ4v) is 3.86. The van der Waals surface area contributed by atoms with E-state index in [2.05, 4.69) is 5.32 Å². The number of benzene rings is 1. The van der Waals surface area contributed by atoms with E-state index in [0.717, 1.165) is 0 Å². The van der Waals surface area contributed by atoms with Gasteiger partial charge in [-0.25, -0.2) is 13.2 Å². The fourth-order valence-electron chi connectivity index (χ4n) is 2.12. The number of hydrogen-bond donors (Lipinski definition) is 2. The first-order chi connectivity index (χ1) is 8.89. The van der Waals surface area contributed by atoms with Crippen molar-refractivity contribution in [2.45, 2.75) is 18.9 Å². The van der Waals surface area contributed by atoms with Gasteiger partial charge in [0.15, 0.2) is 0 Å². The molecule has 1 aromatic carbocycles. The minimum atomic E-state index is -2.92. The van der Waals surface area contributed by atoms with E-state index in [1.54, 1.807) is 12.1 Å². The van der Waals surface area contributed by atoms with Crippen molar-refractivity contribution >= 4 is 33.1 Å². The van der Waals surface area contributed by atoms with Crippen LogP contribution in [0.3, 0.4) is 0 Å². The summed E-state index contributed by atoms with van der Waals surface area (Å²) >= 11 is 5.87. The van der Waals surface area contributed by atoms with Gasteiger partial charge in [-0.05, 0) is 25.0 Å². The summed E-state index contributed by atoms with van der Waals surface area (Å²) in [6, 6.07) is 4.77. The molecule has 2 N–H and O–H groups in total. The Balaban J connectivity index is 2.16. The molecule has 1 saturated heterocycles. The monoisotopic (exact) mass is 303 g/mol. The number of aromatic carboxylic acids is 1.